The lowest BCUT2D eigenvalue weighted by atomic mass is 9.60. The van der Waals surface area contributed by atoms with Crippen molar-refractivity contribution in [1.29, 1.82) is 0 Å². The number of aliphatic hydroxyl groups excluding tert-OH is 3. The van der Waals surface area contributed by atoms with E-state index in [0.717, 1.165) is 24.7 Å². The Bertz CT molecular complexity index is 566. The summed E-state index contributed by atoms with van der Waals surface area (Å²) >= 11 is 0. The molecule has 3 rings (SSSR count). The van der Waals surface area contributed by atoms with E-state index in [1.165, 1.54) is 44.1 Å². The highest BCUT2D eigenvalue weighted by Gasteiger charge is 2.50. The molecule has 3 aliphatic rings. The minimum Gasteiger partial charge on any atom is -0.396 e. The standard InChI is InChI=1S/C25H42O3/c1-17(7-4-5-14-26)21-11-12-22-20(8-6-13-25(21,22)3)10-9-19-15-23(27)18(2)24(28)16-19/h9-10,17-18,21-24,26-28H,4-8,11-16H2,1-3H3/b19-9?,20-10+/t17-,18?,21?,22-,23+,24+,25+/m0/s1. The topological polar surface area (TPSA) is 60.7 Å². The van der Waals surface area contributed by atoms with Crippen LogP contribution in [0.25, 0.3) is 0 Å². The van der Waals surface area contributed by atoms with Gasteiger partial charge in [0.2, 0.25) is 0 Å². The van der Waals surface area contributed by atoms with Crippen molar-refractivity contribution in [2.45, 2.75) is 97.2 Å². The van der Waals surface area contributed by atoms with Crippen molar-refractivity contribution in [3.8, 4) is 0 Å². The number of hydrogen-bond acceptors (Lipinski definition) is 3. The second-order valence-electron chi connectivity index (χ2n) is 10.3. The second-order valence-corrected chi connectivity index (χ2v) is 10.3. The molecular formula is C25H42O3. The van der Waals surface area contributed by atoms with Crippen molar-refractivity contribution in [2.24, 2.45) is 29.1 Å². The van der Waals surface area contributed by atoms with Crippen LogP contribution in [0.15, 0.2) is 23.3 Å². The van der Waals surface area contributed by atoms with Gasteiger partial charge >= 0.3 is 0 Å². The molecule has 0 aliphatic heterocycles. The van der Waals surface area contributed by atoms with Crippen LogP contribution in [0.2, 0.25) is 0 Å². The molecule has 3 nitrogen and oxygen atoms in total. The maximum absolute atomic E-state index is 10.2. The van der Waals surface area contributed by atoms with Gasteiger partial charge in [-0.25, -0.2) is 0 Å². The van der Waals surface area contributed by atoms with Crippen LogP contribution >= 0.6 is 0 Å². The van der Waals surface area contributed by atoms with Gasteiger partial charge in [-0.05, 0) is 74.5 Å². The molecule has 0 bridgehead atoms. The summed E-state index contributed by atoms with van der Waals surface area (Å²) in [7, 11) is 0. The fourth-order valence-corrected chi connectivity index (χ4v) is 6.60. The van der Waals surface area contributed by atoms with Crippen molar-refractivity contribution in [1.82, 2.24) is 0 Å². The molecule has 3 N–H and O–H groups in total. The molecule has 0 spiro atoms. The van der Waals surface area contributed by atoms with Crippen molar-refractivity contribution in [3.63, 3.8) is 0 Å². The summed E-state index contributed by atoms with van der Waals surface area (Å²) in [4.78, 5) is 0. The van der Waals surface area contributed by atoms with Gasteiger partial charge in [-0.1, -0.05) is 56.9 Å². The van der Waals surface area contributed by atoms with Gasteiger partial charge in [0.1, 0.15) is 0 Å². The molecule has 0 heterocycles. The smallest absolute Gasteiger partial charge is 0.0627 e. The van der Waals surface area contributed by atoms with E-state index < -0.39 is 12.2 Å². The van der Waals surface area contributed by atoms with E-state index in [0.29, 0.717) is 30.8 Å². The molecular weight excluding hydrogens is 348 g/mol. The zero-order valence-corrected chi connectivity index (χ0v) is 18.2. The third kappa shape index (κ3) is 4.57. The van der Waals surface area contributed by atoms with Gasteiger partial charge in [-0.3, -0.25) is 0 Å². The first-order valence-electron chi connectivity index (χ1n) is 11.7. The minimum absolute atomic E-state index is 0.0225. The van der Waals surface area contributed by atoms with E-state index in [2.05, 4.69) is 26.0 Å². The molecule has 0 amide bonds. The molecule has 3 saturated carbocycles. The molecule has 0 aromatic heterocycles. The SMILES string of the molecule is CC1[C@H](O)CC(=C/C=C2\CCC[C@]3(C)C([C@@H](C)CCCCO)CC[C@@H]23)C[C@H]1O. The number of unbranched alkanes of at least 4 members (excludes halogenated alkanes) is 1. The Kier molecular flexibility index (Phi) is 7.44. The number of rotatable bonds is 6. The van der Waals surface area contributed by atoms with Crippen LogP contribution in [0.5, 0.6) is 0 Å². The van der Waals surface area contributed by atoms with E-state index in [-0.39, 0.29) is 5.92 Å². The summed E-state index contributed by atoms with van der Waals surface area (Å²) in [5.74, 6) is 2.21. The summed E-state index contributed by atoms with van der Waals surface area (Å²) in [5, 5.41) is 29.5. The van der Waals surface area contributed by atoms with E-state index in [1.807, 2.05) is 6.92 Å². The molecule has 0 aromatic carbocycles. The lowest BCUT2D eigenvalue weighted by molar-refractivity contribution is 0.00407. The molecule has 160 valence electrons. The Hall–Kier alpha value is -0.640. The van der Waals surface area contributed by atoms with Gasteiger partial charge in [0.15, 0.2) is 0 Å². The van der Waals surface area contributed by atoms with Gasteiger partial charge in [-0.15, -0.1) is 0 Å². The maximum Gasteiger partial charge on any atom is 0.0627 e. The predicted octanol–water partition coefficient (Wildman–Crippen LogP) is 5.01. The van der Waals surface area contributed by atoms with Crippen LogP contribution in [0.3, 0.4) is 0 Å². The van der Waals surface area contributed by atoms with Gasteiger partial charge in [0, 0.05) is 12.5 Å². The molecule has 1 unspecified atom stereocenters. The summed E-state index contributed by atoms with van der Waals surface area (Å²) in [6.45, 7) is 7.23. The van der Waals surface area contributed by atoms with Crippen LogP contribution in [0, 0.1) is 29.1 Å². The molecule has 0 aromatic rings. The quantitative estimate of drug-likeness (QED) is 0.559. The minimum atomic E-state index is -0.416. The van der Waals surface area contributed by atoms with E-state index in [4.69, 9.17) is 5.11 Å². The lowest BCUT2D eigenvalue weighted by Gasteiger charge is -2.44. The van der Waals surface area contributed by atoms with Crippen LogP contribution in [0.4, 0.5) is 0 Å². The highest BCUT2D eigenvalue weighted by Crippen LogP contribution is 2.59. The van der Waals surface area contributed by atoms with E-state index >= 15 is 0 Å². The molecule has 0 saturated heterocycles. The summed E-state index contributed by atoms with van der Waals surface area (Å²) in [5.41, 5.74) is 3.22. The first-order chi connectivity index (χ1) is 13.4. The Labute approximate surface area is 171 Å². The molecule has 6 atom stereocenters. The summed E-state index contributed by atoms with van der Waals surface area (Å²) < 4.78 is 0. The predicted molar refractivity (Wildman–Crippen MR) is 115 cm³/mol. The van der Waals surface area contributed by atoms with Crippen molar-refractivity contribution >= 4 is 0 Å². The zero-order valence-electron chi connectivity index (χ0n) is 18.2. The van der Waals surface area contributed by atoms with Crippen molar-refractivity contribution in [3.05, 3.63) is 23.3 Å². The fourth-order valence-electron chi connectivity index (χ4n) is 6.60. The van der Waals surface area contributed by atoms with Gasteiger partial charge in [-0.2, -0.15) is 0 Å². The number of fused-ring (bicyclic) bond motifs is 1. The number of allylic oxidation sites excluding steroid dienone is 3. The first kappa shape index (κ1) is 22.1. The van der Waals surface area contributed by atoms with Crippen molar-refractivity contribution < 1.29 is 15.3 Å². The number of aliphatic hydroxyl groups is 3. The monoisotopic (exact) mass is 390 g/mol. The first-order valence-corrected chi connectivity index (χ1v) is 11.7. The van der Waals surface area contributed by atoms with E-state index in [9.17, 15) is 10.2 Å². The molecule has 28 heavy (non-hydrogen) atoms. The number of hydrogen-bond donors (Lipinski definition) is 3. The molecule has 3 fully saturated rings. The Balaban J connectivity index is 1.70. The normalized spacial score (nSPS) is 41.1. The highest BCUT2D eigenvalue weighted by molar-refractivity contribution is 5.26. The van der Waals surface area contributed by atoms with Crippen LogP contribution in [-0.2, 0) is 0 Å². The van der Waals surface area contributed by atoms with Gasteiger partial charge in [0.25, 0.3) is 0 Å². The summed E-state index contributed by atoms with van der Waals surface area (Å²) in [6, 6.07) is 0. The van der Waals surface area contributed by atoms with Crippen LogP contribution in [-0.4, -0.2) is 34.1 Å². The molecule has 3 heteroatoms. The van der Waals surface area contributed by atoms with Crippen molar-refractivity contribution in [2.75, 3.05) is 6.61 Å². The third-order valence-electron chi connectivity index (χ3n) is 8.48. The Morgan fingerprint density at radius 3 is 2.50 bits per heavy atom. The van der Waals surface area contributed by atoms with Gasteiger partial charge < -0.3 is 15.3 Å². The van der Waals surface area contributed by atoms with Gasteiger partial charge in [0.05, 0.1) is 12.2 Å². The third-order valence-corrected chi connectivity index (χ3v) is 8.48. The maximum atomic E-state index is 10.2. The van der Waals surface area contributed by atoms with Crippen LogP contribution < -0.4 is 0 Å². The Morgan fingerprint density at radius 2 is 1.82 bits per heavy atom. The van der Waals surface area contributed by atoms with Crippen LogP contribution in [0.1, 0.15) is 85.0 Å². The average molecular weight is 391 g/mol. The fraction of sp³-hybridized carbons (Fsp3) is 0.840. The largest absolute Gasteiger partial charge is 0.396 e. The summed E-state index contributed by atoms with van der Waals surface area (Å²) in [6.07, 6.45) is 14.9. The highest BCUT2D eigenvalue weighted by atomic mass is 16.3. The molecule has 0 radical (unpaired) electrons. The second kappa shape index (κ2) is 9.45. The Morgan fingerprint density at radius 1 is 1.11 bits per heavy atom. The molecule has 3 aliphatic carbocycles. The zero-order chi connectivity index (χ0) is 20.3. The average Bonchev–Trinajstić information content (AvgIpc) is 3.02. The lowest BCUT2D eigenvalue weighted by Crippen LogP contribution is -2.36. The van der Waals surface area contributed by atoms with E-state index in [1.54, 1.807) is 5.57 Å².